The number of hydrogen-bond acceptors (Lipinski definition) is 5. The quantitative estimate of drug-likeness (QED) is 0.776. The van der Waals surface area contributed by atoms with Gasteiger partial charge in [-0.05, 0) is 48.9 Å². The third kappa shape index (κ3) is 5.03. The number of likely N-dealkylation sites (tertiary alicyclic amines) is 1. The van der Waals surface area contributed by atoms with E-state index in [1.54, 1.807) is 4.90 Å². The van der Waals surface area contributed by atoms with Gasteiger partial charge in [0.1, 0.15) is 17.1 Å². The normalized spacial score (nSPS) is 14.5. The van der Waals surface area contributed by atoms with Gasteiger partial charge in [-0.1, -0.05) is 30.3 Å². The van der Waals surface area contributed by atoms with Crippen molar-refractivity contribution in [3.05, 3.63) is 59.7 Å². The van der Waals surface area contributed by atoms with Gasteiger partial charge in [-0.3, -0.25) is 4.79 Å². The van der Waals surface area contributed by atoms with Gasteiger partial charge in [0.2, 0.25) is 0 Å². The molecule has 0 spiro atoms. The van der Waals surface area contributed by atoms with Crippen LogP contribution in [-0.4, -0.2) is 48.7 Å². The van der Waals surface area contributed by atoms with Gasteiger partial charge in [0, 0.05) is 13.1 Å². The molecule has 1 heterocycles. The second kappa shape index (κ2) is 9.26. The van der Waals surface area contributed by atoms with E-state index in [1.165, 1.54) is 30.9 Å². The van der Waals surface area contributed by atoms with E-state index in [4.69, 9.17) is 9.47 Å². The third-order valence-electron chi connectivity index (χ3n) is 5.08. The number of phenolic OH excluding ortho intramolecular Hbond substituents is 1. The van der Waals surface area contributed by atoms with Crippen LogP contribution >= 0.6 is 0 Å². The molecule has 1 aliphatic rings. The Morgan fingerprint density at radius 2 is 1.82 bits per heavy atom. The van der Waals surface area contributed by atoms with E-state index in [-0.39, 0.29) is 23.8 Å². The summed E-state index contributed by atoms with van der Waals surface area (Å²) in [5.41, 5.74) is 1.30. The number of benzene rings is 2. The predicted octanol–water partition coefficient (Wildman–Crippen LogP) is 3.04. The number of phenols is 1. The molecule has 1 N–H and O–H groups in total. The van der Waals surface area contributed by atoms with Crippen LogP contribution in [0.2, 0.25) is 0 Å². The highest BCUT2D eigenvalue weighted by molar-refractivity contribution is 5.94. The molecule has 1 fully saturated rings. The number of carbonyl (C=O) groups is 2. The molecule has 1 saturated heterocycles. The zero-order valence-corrected chi connectivity index (χ0v) is 16.0. The van der Waals surface area contributed by atoms with Crippen molar-refractivity contribution in [1.29, 1.82) is 0 Å². The maximum atomic E-state index is 12.4. The van der Waals surface area contributed by atoms with Crippen molar-refractivity contribution < 1.29 is 24.2 Å². The van der Waals surface area contributed by atoms with Crippen LogP contribution in [0, 0.1) is 5.92 Å². The highest BCUT2D eigenvalue weighted by Crippen LogP contribution is 2.24. The maximum Gasteiger partial charge on any atom is 0.342 e. The first-order valence-corrected chi connectivity index (χ1v) is 9.42. The molecule has 0 saturated carbocycles. The lowest BCUT2D eigenvalue weighted by Gasteiger charge is -2.32. The maximum absolute atomic E-state index is 12.4. The van der Waals surface area contributed by atoms with E-state index in [1.807, 2.05) is 18.2 Å². The smallest absolute Gasteiger partial charge is 0.342 e. The molecule has 0 bridgehead atoms. The number of nitrogens with zero attached hydrogens (tertiary/aromatic N) is 1. The van der Waals surface area contributed by atoms with E-state index in [0.29, 0.717) is 24.8 Å². The zero-order chi connectivity index (χ0) is 19.9. The number of amides is 1. The number of esters is 1. The molecule has 2 aromatic carbocycles. The Balaban J connectivity index is 1.46. The predicted molar refractivity (Wildman–Crippen MR) is 104 cm³/mol. The average Bonchev–Trinajstić information content (AvgIpc) is 2.73. The molecule has 1 aliphatic heterocycles. The molecule has 0 radical (unpaired) electrons. The van der Waals surface area contributed by atoms with Gasteiger partial charge in [0.15, 0.2) is 6.61 Å². The van der Waals surface area contributed by atoms with Crippen LogP contribution in [0.1, 0.15) is 28.8 Å². The van der Waals surface area contributed by atoms with Crippen molar-refractivity contribution in [2.75, 3.05) is 26.8 Å². The third-order valence-corrected chi connectivity index (χ3v) is 5.08. The van der Waals surface area contributed by atoms with E-state index in [0.717, 1.165) is 19.3 Å². The monoisotopic (exact) mass is 383 g/mol. The van der Waals surface area contributed by atoms with Gasteiger partial charge in [-0.15, -0.1) is 0 Å². The summed E-state index contributed by atoms with van der Waals surface area (Å²) in [5, 5.41) is 9.81. The standard InChI is InChI=1S/C22H25NO5/c1-27-18-7-8-20(24)19(14-18)22(26)28-15-21(25)23-11-9-17(10-12-23)13-16-5-3-2-4-6-16/h2-8,14,17,24H,9-13,15H2,1H3. The number of hydrogen-bond donors (Lipinski definition) is 1. The molecule has 3 rings (SSSR count). The van der Waals surface area contributed by atoms with Crippen molar-refractivity contribution in [2.45, 2.75) is 19.3 Å². The van der Waals surface area contributed by atoms with E-state index in [9.17, 15) is 14.7 Å². The average molecular weight is 383 g/mol. The summed E-state index contributed by atoms with van der Waals surface area (Å²) < 4.78 is 10.1. The minimum atomic E-state index is -0.747. The number of methoxy groups -OCH3 is 1. The van der Waals surface area contributed by atoms with Crippen molar-refractivity contribution >= 4 is 11.9 Å². The zero-order valence-electron chi connectivity index (χ0n) is 16.0. The van der Waals surface area contributed by atoms with Crippen molar-refractivity contribution in [3.8, 4) is 11.5 Å². The SMILES string of the molecule is COc1ccc(O)c(C(=O)OCC(=O)N2CCC(Cc3ccccc3)CC2)c1. The first kappa shape index (κ1) is 19.7. The van der Waals surface area contributed by atoms with Gasteiger partial charge in [-0.2, -0.15) is 0 Å². The lowest BCUT2D eigenvalue weighted by atomic mass is 9.90. The topological polar surface area (TPSA) is 76.1 Å². The molecular formula is C22H25NO5. The molecule has 0 aliphatic carbocycles. The first-order valence-electron chi connectivity index (χ1n) is 9.42. The van der Waals surface area contributed by atoms with Gasteiger partial charge < -0.3 is 19.5 Å². The highest BCUT2D eigenvalue weighted by Gasteiger charge is 2.24. The molecule has 6 nitrogen and oxygen atoms in total. The van der Waals surface area contributed by atoms with Gasteiger partial charge in [-0.25, -0.2) is 4.79 Å². The van der Waals surface area contributed by atoms with Gasteiger partial charge in [0.25, 0.3) is 5.91 Å². The summed E-state index contributed by atoms with van der Waals surface area (Å²) in [4.78, 5) is 26.3. The number of ether oxygens (including phenoxy) is 2. The van der Waals surface area contributed by atoms with Crippen LogP contribution < -0.4 is 4.74 Å². The fraction of sp³-hybridized carbons (Fsp3) is 0.364. The van der Waals surface area contributed by atoms with Crippen molar-refractivity contribution in [3.63, 3.8) is 0 Å². The summed E-state index contributed by atoms with van der Waals surface area (Å²) in [5.74, 6) is -0.183. The summed E-state index contributed by atoms with van der Waals surface area (Å²) in [6.45, 7) is 0.995. The molecule has 0 atom stereocenters. The van der Waals surface area contributed by atoms with Crippen molar-refractivity contribution in [1.82, 2.24) is 4.90 Å². The molecule has 1 amide bonds. The highest BCUT2D eigenvalue weighted by atomic mass is 16.5. The van der Waals surface area contributed by atoms with Crippen molar-refractivity contribution in [2.24, 2.45) is 5.92 Å². The molecule has 6 heteroatoms. The fourth-order valence-corrected chi connectivity index (χ4v) is 3.44. The summed E-state index contributed by atoms with van der Waals surface area (Å²) in [7, 11) is 1.46. The van der Waals surface area contributed by atoms with Crippen LogP contribution in [0.3, 0.4) is 0 Å². The number of carbonyl (C=O) groups excluding carboxylic acids is 2. The Morgan fingerprint density at radius 1 is 1.11 bits per heavy atom. The fourth-order valence-electron chi connectivity index (χ4n) is 3.44. The van der Waals surface area contributed by atoms with Crippen LogP contribution in [0.15, 0.2) is 48.5 Å². The Morgan fingerprint density at radius 3 is 2.50 bits per heavy atom. The summed E-state index contributed by atoms with van der Waals surface area (Å²) >= 11 is 0. The second-order valence-electron chi connectivity index (χ2n) is 6.97. The molecule has 2 aromatic rings. The van der Waals surface area contributed by atoms with E-state index >= 15 is 0 Å². The first-order chi connectivity index (χ1) is 13.6. The van der Waals surface area contributed by atoms with Crippen LogP contribution in [0.5, 0.6) is 11.5 Å². The van der Waals surface area contributed by atoms with Gasteiger partial charge in [0.05, 0.1) is 7.11 Å². The number of rotatable bonds is 6. The molecule has 0 unspecified atom stereocenters. The van der Waals surface area contributed by atoms with Gasteiger partial charge >= 0.3 is 5.97 Å². The molecular weight excluding hydrogens is 358 g/mol. The molecule has 28 heavy (non-hydrogen) atoms. The van der Waals surface area contributed by atoms with Crippen LogP contribution in [0.4, 0.5) is 0 Å². The molecule has 0 aromatic heterocycles. The lowest BCUT2D eigenvalue weighted by molar-refractivity contribution is -0.135. The Labute approximate surface area is 164 Å². The summed E-state index contributed by atoms with van der Waals surface area (Å²) in [6.07, 6.45) is 2.89. The Kier molecular flexibility index (Phi) is 6.53. The second-order valence-corrected chi connectivity index (χ2v) is 6.97. The number of piperidine rings is 1. The minimum Gasteiger partial charge on any atom is -0.507 e. The Bertz CT molecular complexity index is 813. The van der Waals surface area contributed by atoms with Crippen LogP contribution in [-0.2, 0) is 16.0 Å². The largest absolute Gasteiger partial charge is 0.507 e. The summed E-state index contributed by atoms with van der Waals surface area (Å²) in [6, 6.07) is 14.6. The Hall–Kier alpha value is -3.02. The lowest BCUT2D eigenvalue weighted by Crippen LogP contribution is -2.41. The molecule has 148 valence electrons. The van der Waals surface area contributed by atoms with Crippen LogP contribution in [0.25, 0.3) is 0 Å². The number of aromatic hydroxyl groups is 1. The minimum absolute atomic E-state index is 0.0197. The van der Waals surface area contributed by atoms with E-state index in [2.05, 4.69) is 12.1 Å². The van der Waals surface area contributed by atoms with E-state index < -0.39 is 5.97 Å².